The molecule has 0 atom stereocenters. The van der Waals surface area contributed by atoms with Crippen molar-refractivity contribution in [3.63, 3.8) is 0 Å². The van der Waals surface area contributed by atoms with Gasteiger partial charge in [-0.05, 0) is 36.8 Å². The third-order valence-corrected chi connectivity index (χ3v) is 4.79. The Morgan fingerprint density at radius 2 is 1.89 bits per heavy atom. The van der Waals surface area contributed by atoms with Gasteiger partial charge in [0.15, 0.2) is 0 Å². The zero-order valence-electron chi connectivity index (χ0n) is 16.0. The maximum Gasteiger partial charge on any atom is 0.254 e. The van der Waals surface area contributed by atoms with Crippen LogP contribution in [0.2, 0.25) is 0 Å². The van der Waals surface area contributed by atoms with E-state index in [1.807, 2.05) is 49.5 Å². The summed E-state index contributed by atoms with van der Waals surface area (Å²) in [5, 5.41) is 4.10. The Morgan fingerprint density at radius 1 is 1.11 bits per heavy atom. The molecule has 0 spiro atoms. The molecule has 0 fully saturated rings. The van der Waals surface area contributed by atoms with Crippen LogP contribution in [0.4, 0.5) is 0 Å². The molecule has 2 aromatic heterocycles. The number of carbonyl (C=O) groups excluding carboxylic acids is 1. The fourth-order valence-electron chi connectivity index (χ4n) is 3.36. The van der Waals surface area contributed by atoms with Crippen LogP contribution in [-0.2, 0) is 19.6 Å². The van der Waals surface area contributed by atoms with Crippen molar-refractivity contribution in [1.82, 2.24) is 29.2 Å². The molecule has 4 aromatic rings. The molecule has 0 N–H and O–H groups in total. The molecule has 0 unspecified atom stereocenters. The smallest absolute Gasteiger partial charge is 0.254 e. The SMILES string of the molecule is CCn1c(CN(C)C(=O)c2ccc(Cn3cncn3)cc2)nc2ccccc21. The summed E-state index contributed by atoms with van der Waals surface area (Å²) < 4.78 is 3.90. The molecule has 7 heteroatoms. The second-order valence-corrected chi connectivity index (χ2v) is 6.71. The van der Waals surface area contributed by atoms with Crippen LogP contribution >= 0.6 is 0 Å². The van der Waals surface area contributed by atoms with Gasteiger partial charge < -0.3 is 9.47 Å². The fraction of sp³-hybridized carbons (Fsp3) is 0.238. The van der Waals surface area contributed by atoms with Crippen LogP contribution in [0.5, 0.6) is 0 Å². The third kappa shape index (κ3) is 3.51. The van der Waals surface area contributed by atoms with E-state index in [0.29, 0.717) is 18.7 Å². The van der Waals surface area contributed by atoms with Crippen molar-refractivity contribution < 1.29 is 4.79 Å². The second kappa shape index (κ2) is 7.64. The molecule has 0 aliphatic carbocycles. The topological polar surface area (TPSA) is 68.8 Å². The highest BCUT2D eigenvalue weighted by molar-refractivity contribution is 5.94. The van der Waals surface area contributed by atoms with Crippen LogP contribution in [0.25, 0.3) is 11.0 Å². The molecule has 0 aliphatic rings. The lowest BCUT2D eigenvalue weighted by molar-refractivity contribution is 0.0780. The summed E-state index contributed by atoms with van der Waals surface area (Å²) in [4.78, 5) is 23.2. The van der Waals surface area contributed by atoms with Crippen molar-refractivity contribution in [2.24, 2.45) is 0 Å². The Balaban J connectivity index is 1.49. The summed E-state index contributed by atoms with van der Waals surface area (Å²) in [7, 11) is 1.81. The number of benzene rings is 2. The van der Waals surface area contributed by atoms with Crippen LogP contribution < -0.4 is 0 Å². The molecule has 0 aliphatic heterocycles. The molecule has 0 radical (unpaired) electrons. The van der Waals surface area contributed by atoms with Crippen molar-refractivity contribution in [3.05, 3.63) is 78.1 Å². The molecule has 0 saturated carbocycles. The van der Waals surface area contributed by atoms with Gasteiger partial charge in [0, 0.05) is 19.2 Å². The molecule has 28 heavy (non-hydrogen) atoms. The van der Waals surface area contributed by atoms with E-state index in [2.05, 4.69) is 27.6 Å². The number of rotatable bonds is 6. The number of aryl methyl sites for hydroxylation is 1. The van der Waals surface area contributed by atoms with Gasteiger partial charge in [0.25, 0.3) is 5.91 Å². The predicted octanol–water partition coefficient (Wildman–Crippen LogP) is 2.97. The van der Waals surface area contributed by atoms with E-state index >= 15 is 0 Å². The first-order valence-corrected chi connectivity index (χ1v) is 9.26. The largest absolute Gasteiger partial charge is 0.334 e. The van der Waals surface area contributed by atoms with Crippen LogP contribution in [0, 0.1) is 0 Å². The number of nitrogens with zero attached hydrogens (tertiary/aromatic N) is 6. The van der Waals surface area contributed by atoms with E-state index in [-0.39, 0.29) is 5.91 Å². The first kappa shape index (κ1) is 17.9. The maximum atomic E-state index is 12.9. The molecule has 0 bridgehead atoms. The van der Waals surface area contributed by atoms with Crippen LogP contribution in [0.15, 0.2) is 61.2 Å². The van der Waals surface area contributed by atoms with Gasteiger partial charge >= 0.3 is 0 Å². The Morgan fingerprint density at radius 3 is 2.61 bits per heavy atom. The van der Waals surface area contributed by atoms with Crippen molar-refractivity contribution in [2.45, 2.75) is 26.6 Å². The van der Waals surface area contributed by atoms with E-state index in [1.165, 1.54) is 6.33 Å². The molecule has 0 saturated heterocycles. The van der Waals surface area contributed by atoms with Gasteiger partial charge in [-0.1, -0.05) is 24.3 Å². The summed E-state index contributed by atoms with van der Waals surface area (Å²) in [5.74, 6) is 0.865. The average molecular weight is 374 g/mol. The van der Waals surface area contributed by atoms with Crippen LogP contribution in [-0.4, -0.2) is 42.2 Å². The highest BCUT2D eigenvalue weighted by atomic mass is 16.2. The number of imidazole rings is 1. The lowest BCUT2D eigenvalue weighted by Gasteiger charge is -2.18. The maximum absolute atomic E-state index is 12.9. The average Bonchev–Trinajstić information content (AvgIpc) is 3.35. The summed E-state index contributed by atoms with van der Waals surface area (Å²) in [5.41, 5.74) is 3.78. The standard InChI is InChI=1S/C21H22N6O/c1-3-27-19-7-5-4-6-18(19)24-20(27)13-25(2)21(28)17-10-8-16(9-11-17)12-26-15-22-14-23-26/h4-11,14-15H,3,12-13H2,1-2H3. The summed E-state index contributed by atoms with van der Waals surface area (Å²) >= 11 is 0. The molecule has 2 aromatic carbocycles. The normalized spacial score (nSPS) is 11.1. The minimum absolute atomic E-state index is 0.0259. The van der Waals surface area contributed by atoms with E-state index in [1.54, 1.807) is 15.9 Å². The molecule has 1 amide bonds. The van der Waals surface area contributed by atoms with Crippen LogP contribution in [0.3, 0.4) is 0 Å². The Hall–Kier alpha value is -3.48. The Bertz CT molecular complexity index is 1080. The second-order valence-electron chi connectivity index (χ2n) is 6.71. The summed E-state index contributed by atoms with van der Waals surface area (Å²) in [6.07, 6.45) is 3.18. The fourth-order valence-corrected chi connectivity index (χ4v) is 3.36. The number of fused-ring (bicyclic) bond motifs is 1. The lowest BCUT2D eigenvalue weighted by atomic mass is 10.1. The Labute approximate surface area is 163 Å². The first-order chi connectivity index (χ1) is 13.7. The van der Waals surface area contributed by atoms with Gasteiger partial charge in [0.2, 0.25) is 0 Å². The van der Waals surface area contributed by atoms with E-state index in [9.17, 15) is 4.79 Å². The van der Waals surface area contributed by atoms with Gasteiger partial charge in [-0.3, -0.25) is 4.79 Å². The molecule has 142 valence electrons. The van der Waals surface area contributed by atoms with E-state index in [4.69, 9.17) is 4.98 Å². The number of hydrogen-bond acceptors (Lipinski definition) is 4. The summed E-state index contributed by atoms with van der Waals surface area (Å²) in [6.45, 7) is 4.00. The van der Waals surface area contributed by atoms with Gasteiger partial charge in [-0.2, -0.15) is 5.10 Å². The van der Waals surface area contributed by atoms with Crippen molar-refractivity contribution in [1.29, 1.82) is 0 Å². The lowest BCUT2D eigenvalue weighted by Crippen LogP contribution is -2.27. The van der Waals surface area contributed by atoms with Crippen molar-refractivity contribution in [2.75, 3.05) is 7.05 Å². The summed E-state index contributed by atoms with van der Waals surface area (Å²) in [6, 6.07) is 15.7. The van der Waals surface area contributed by atoms with E-state index in [0.717, 1.165) is 29.0 Å². The van der Waals surface area contributed by atoms with Crippen molar-refractivity contribution >= 4 is 16.9 Å². The predicted molar refractivity (Wildman–Crippen MR) is 107 cm³/mol. The number of amides is 1. The Kier molecular flexibility index (Phi) is 4.89. The van der Waals surface area contributed by atoms with Gasteiger partial charge in [-0.15, -0.1) is 0 Å². The number of para-hydroxylation sites is 2. The van der Waals surface area contributed by atoms with Gasteiger partial charge in [0.1, 0.15) is 18.5 Å². The van der Waals surface area contributed by atoms with Crippen LogP contribution in [0.1, 0.15) is 28.7 Å². The molecule has 7 nitrogen and oxygen atoms in total. The number of carbonyl (C=O) groups is 1. The zero-order chi connectivity index (χ0) is 19.5. The number of aromatic nitrogens is 5. The van der Waals surface area contributed by atoms with E-state index < -0.39 is 0 Å². The monoisotopic (exact) mass is 374 g/mol. The molecule has 2 heterocycles. The molecule has 4 rings (SSSR count). The van der Waals surface area contributed by atoms with Crippen molar-refractivity contribution in [3.8, 4) is 0 Å². The number of hydrogen-bond donors (Lipinski definition) is 0. The highest BCUT2D eigenvalue weighted by Gasteiger charge is 2.16. The third-order valence-electron chi connectivity index (χ3n) is 4.79. The molecular weight excluding hydrogens is 352 g/mol. The van der Waals surface area contributed by atoms with Gasteiger partial charge in [0.05, 0.1) is 24.1 Å². The van der Waals surface area contributed by atoms with Gasteiger partial charge in [-0.25, -0.2) is 14.6 Å². The first-order valence-electron chi connectivity index (χ1n) is 9.26. The minimum atomic E-state index is -0.0259. The quantitative estimate of drug-likeness (QED) is 0.520. The zero-order valence-corrected chi connectivity index (χ0v) is 16.0. The molecular formula is C21H22N6O. The highest BCUT2D eigenvalue weighted by Crippen LogP contribution is 2.18. The minimum Gasteiger partial charge on any atom is -0.334 e.